The van der Waals surface area contributed by atoms with E-state index in [-0.39, 0.29) is 5.91 Å². The van der Waals surface area contributed by atoms with E-state index in [9.17, 15) is 4.79 Å². The molecule has 1 amide bonds. The summed E-state index contributed by atoms with van der Waals surface area (Å²) in [6.45, 7) is 2.06. The number of nitrogens with two attached hydrogens (primary N) is 1. The molecule has 3 rings (SSSR count). The highest BCUT2D eigenvalue weighted by Crippen LogP contribution is 2.36. The highest BCUT2D eigenvalue weighted by Gasteiger charge is 2.20. The Kier molecular flexibility index (Phi) is 2.86. The smallest absolute Gasteiger partial charge is 0.228 e. The van der Waals surface area contributed by atoms with Gasteiger partial charge in [0.15, 0.2) is 0 Å². The maximum absolute atomic E-state index is 11.4. The summed E-state index contributed by atoms with van der Waals surface area (Å²) >= 11 is 0. The van der Waals surface area contributed by atoms with E-state index < -0.39 is 0 Å². The van der Waals surface area contributed by atoms with E-state index in [1.807, 2.05) is 24.1 Å². The van der Waals surface area contributed by atoms with Crippen molar-refractivity contribution in [1.29, 1.82) is 0 Å². The van der Waals surface area contributed by atoms with Crippen molar-refractivity contribution < 1.29 is 4.79 Å². The molecule has 4 nitrogen and oxygen atoms in total. The molecule has 0 unspecified atom stereocenters. The van der Waals surface area contributed by atoms with Crippen molar-refractivity contribution in [3.8, 4) is 0 Å². The zero-order valence-corrected chi connectivity index (χ0v) is 11.6. The number of carbonyl (C=O) groups excluding carboxylic acids is 1. The van der Waals surface area contributed by atoms with Gasteiger partial charge in [0, 0.05) is 18.4 Å². The van der Waals surface area contributed by atoms with E-state index >= 15 is 0 Å². The van der Waals surface area contributed by atoms with Gasteiger partial charge in [-0.1, -0.05) is 17.7 Å². The van der Waals surface area contributed by atoms with E-state index in [2.05, 4.69) is 36.5 Å². The topological polar surface area (TPSA) is 58.4 Å². The van der Waals surface area contributed by atoms with E-state index in [4.69, 9.17) is 5.73 Å². The number of hydrogen-bond acceptors (Lipinski definition) is 3. The van der Waals surface area contributed by atoms with Crippen molar-refractivity contribution in [2.45, 2.75) is 13.3 Å². The number of benzene rings is 2. The SMILES string of the molecule is Cc1ccc(N(C)c2cc3c(cc2N)CC(=O)N3)cc1. The van der Waals surface area contributed by atoms with Gasteiger partial charge in [0.05, 0.1) is 17.8 Å². The molecule has 0 saturated carbocycles. The van der Waals surface area contributed by atoms with Crippen molar-refractivity contribution in [2.75, 3.05) is 23.0 Å². The molecule has 1 aliphatic heterocycles. The van der Waals surface area contributed by atoms with Gasteiger partial charge in [0.25, 0.3) is 0 Å². The quantitative estimate of drug-likeness (QED) is 0.823. The molecule has 2 aromatic rings. The van der Waals surface area contributed by atoms with Gasteiger partial charge in [-0.05, 0) is 36.8 Å². The lowest BCUT2D eigenvalue weighted by molar-refractivity contribution is -0.115. The van der Waals surface area contributed by atoms with Crippen LogP contribution in [0.15, 0.2) is 36.4 Å². The van der Waals surface area contributed by atoms with E-state index in [0.29, 0.717) is 12.1 Å². The Morgan fingerprint density at radius 2 is 1.90 bits per heavy atom. The molecular formula is C16H17N3O. The highest BCUT2D eigenvalue weighted by molar-refractivity contribution is 6.01. The van der Waals surface area contributed by atoms with Crippen LogP contribution in [0.25, 0.3) is 0 Å². The Balaban J connectivity index is 2.00. The number of carbonyl (C=O) groups is 1. The van der Waals surface area contributed by atoms with Crippen LogP contribution in [-0.2, 0) is 11.2 Å². The number of nitrogen functional groups attached to an aromatic ring is 1. The summed E-state index contributed by atoms with van der Waals surface area (Å²) in [7, 11) is 1.97. The van der Waals surface area contributed by atoms with Gasteiger partial charge in [0.1, 0.15) is 0 Å². The molecule has 0 aliphatic carbocycles. The number of hydrogen-bond donors (Lipinski definition) is 2. The van der Waals surface area contributed by atoms with E-state index in [0.717, 1.165) is 22.6 Å². The first-order valence-electron chi connectivity index (χ1n) is 6.57. The molecule has 102 valence electrons. The molecular weight excluding hydrogens is 250 g/mol. The number of anilines is 4. The number of fused-ring (bicyclic) bond motifs is 1. The number of nitrogens with one attached hydrogen (secondary N) is 1. The van der Waals surface area contributed by atoms with Gasteiger partial charge in [0.2, 0.25) is 5.91 Å². The van der Waals surface area contributed by atoms with Gasteiger partial charge >= 0.3 is 0 Å². The molecule has 3 N–H and O–H groups in total. The van der Waals surface area contributed by atoms with E-state index in [1.165, 1.54) is 5.56 Å². The van der Waals surface area contributed by atoms with Gasteiger partial charge in [-0.15, -0.1) is 0 Å². The zero-order chi connectivity index (χ0) is 14.3. The number of aryl methyl sites for hydroxylation is 1. The highest BCUT2D eigenvalue weighted by atomic mass is 16.1. The standard InChI is InChI=1S/C16H17N3O/c1-10-3-5-12(6-4-10)19(2)15-9-14-11(7-13(15)17)8-16(20)18-14/h3-7,9H,8,17H2,1-2H3,(H,18,20). The molecule has 0 fully saturated rings. The third kappa shape index (κ3) is 2.09. The zero-order valence-electron chi connectivity index (χ0n) is 11.6. The minimum absolute atomic E-state index is 0.0227. The monoisotopic (exact) mass is 267 g/mol. The van der Waals surface area contributed by atoms with Crippen LogP contribution in [-0.4, -0.2) is 13.0 Å². The van der Waals surface area contributed by atoms with Crippen LogP contribution in [0, 0.1) is 6.92 Å². The fourth-order valence-electron chi connectivity index (χ4n) is 2.48. The van der Waals surface area contributed by atoms with Crippen molar-refractivity contribution in [1.82, 2.24) is 0 Å². The fraction of sp³-hybridized carbons (Fsp3) is 0.188. The number of nitrogens with zero attached hydrogens (tertiary/aromatic N) is 1. The van der Waals surface area contributed by atoms with Crippen LogP contribution in [0.4, 0.5) is 22.7 Å². The van der Waals surface area contributed by atoms with Crippen LogP contribution in [0.1, 0.15) is 11.1 Å². The summed E-state index contributed by atoms with van der Waals surface area (Å²) in [5, 5.41) is 2.86. The lowest BCUT2D eigenvalue weighted by Crippen LogP contribution is -2.12. The summed E-state index contributed by atoms with van der Waals surface area (Å²) in [5.74, 6) is 0.0227. The maximum atomic E-state index is 11.4. The third-order valence-corrected chi connectivity index (χ3v) is 3.66. The van der Waals surface area contributed by atoms with Crippen molar-refractivity contribution in [2.24, 2.45) is 0 Å². The van der Waals surface area contributed by atoms with Gasteiger partial charge in [-0.25, -0.2) is 0 Å². The molecule has 20 heavy (non-hydrogen) atoms. The Morgan fingerprint density at radius 1 is 1.20 bits per heavy atom. The summed E-state index contributed by atoms with van der Waals surface area (Å²) < 4.78 is 0. The minimum Gasteiger partial charge on any atom is -0.397 e. The average molecular weight is 267 g/mol. The Morgan fingerprint density at radius 3 is 2.60 bits per heavy atom. The number of rotatable bonds is 2. The molecule has 0 radical (unpaired) electrons. The predicted octanol–water partition coefficient (Wildman–Crippen LogP) is 2.84. The average Bonchev–Trinajstić information content (AvgIpc) is 2.77. The summed E-state index contributed by atoms with van der Waals surface area (Å²) in [5.41, 5.74) is 11.8. The van der Waals surface area contributed by atoms with Crippen molar-refractivity contribution in [3.63, 3.8) is 0 Å². The van der Waals surface area contributed by atoms with E-state index in [1.54, 1.807) is 0 Å². The predicted molar refractivity (Wildman–Crippen MR) is 82.4 cm³/mol. The normalized spacial score (nSPS) is 13.0. The Bertz CT molecular complexity index is 677. The van der Waals surface area contributed by atoms with Gasteiger partial charge < -0.3 is 16.0 Å². The molecule has 2 aromatic carbocycles. The van der Waals surface area contributed by atoms with Gasteiger partial charge in [-0.3, -0.25) is 4.79 Å². The third-order valence-electron chi connectivity index (χ3n) is 3.66. The molecule has 0 atom stereocenters. The second-order valence-corrected chi connectivity index (χ2v) is 5.19. The first-order valence-corrected chi connectivity index (χ1v) is 6.57. The Labute approximate surface area is 118 Å². The van der Waals surface area contributed by atoms with Crippen LogP contribution >= 0.6 is 0 Å². The summed E-state index contributed by atoms with van der Waals surface area (Å²) in [6, 6.07) is 12.1. The first-order chi connectivity index (χ1) is 9.54. The molecule has 1 aliphatic rings. The molecule has 0 saturated heterocycles. The van der Waals surface area contributed by atoms with Crippen molar-refractivity contribution in [3.05, 3.63) is 47.5 Å². The lowest BCUT2D eigenvalue weighted by Gasteiger charge is -2.22. The van der Waals surface area contributed by atoms with Crippen LogP contribution in [0.2, 0.25) is 0 Å². The molecule has 1 heterocycles. The maximum Gasteiger partial charge on any atom is 0.228 e. The van der Waals surface area contributed by atoms with Crippen molar-refractivity contribution >= 4 is 28.7 Å². The second-order valence-electron chi connectivity index (χ2n) is 5.19. The largest absolute Gasteiger partial charge is 0.397 e. The second kappa shape index (κ2) is 4.56. The molecule has 0 bridgehead atoms. The molecule has 4 heteroatoms. The summed E-state index contributed by atoms with van der Waals surface area (Å²) in [6.07, 6.45) is 0.411. The number of amides is 1. The van der Waals surface area contributed by atoms with Crippen LogP contribution in [0.3, 0.4) is 0 Å². The first kappa shape index (κ1) is 12.5. The van der Waals surface area contributed by atoms with Crippen LogP contribution in [0.5, 0.6) is 0 Å². The fourth-order valence-corrected chi connectivity index (χ4v) is 2.48. The van der Waals surface area contributed by atoms with Gasteiger partial charge in [-0.2, -0.15) is 0 Å². The molecule has 0 spiro atoms. The minimum atomic E-state index is 0.0227. The van der Waals surface area contributed by atoms with Crippen LogP contribution < -0.4 is 16.0 Å². The Hall–Kier alpha value is -2.49. The summed E-state index contributed by atoms with van der Waals surface area (Å²) in [4.78, 5) is 13.5. The lowest BCUT2D eigenvalue weighted by atomic mass is 10.1. The molecule has 0 aromatic heterocycles.